The number of hydrogen-bond acceptors (Lipinski definition) is 2. The highest BCUT2D eigenvalue weighted by atomic mass is 79.9. The highest BCUT2D eigenvalue weighted by Crippen LogP contribution is 2.51. The average Bonchev–Trinajstić information content (AvgIpc) is 3.07. The van der Waals surface area contributed by atoms with Crippen molar-refractivity contribution in [2.24, 2.45) is 0 Å². The molecule has 3 nitrogen and oxygen atoms in total. The first kappa shape index (κ1) is 14.8. The van der Waals surface area contributed by atoms with Crippen molar-refractivity contribution in [1.29, 1.82) is 0 Å². The summed E-state index contributed by atoms with van der Waals surface area (Å²) in [6.07, 6.45) is 0.492. The first-order valence-corrected chi connectivity index (χ1v) is 8.11. The molecule has 118 valence electrons. The number of carbonyl (C=O) groups excluding carboxylic acids is 1. The lowest BCUT2D eigenvalue weighted by atomic mass is 9.72. The number of amides is 1. The molecular weight excluding hydrogens is 366 g/mol. The van der Waals surface area contributed by atoms with Crippen molar-refractivity contribution in [2.45, 2.75) is 17.9 Å². The summed E-state index contributed by atoms with van der Waals surface area (Å²) in [5, 5.41) is 6.03. The van der Waals surface area contributed by atoms with Crippen LogP contribution in [0.4, 0.5) is 14.5 Å². The van der Waals surface area contributed by atoms with Crippen molar-refractivity contribution in [1.82, 2.24) is 5.32 Å². The van der Waals surface area contributed by atoms with E-state index in [-0.39, 0.29) is 11.7 Å². The van der Waals surface area contributed by atoms with Crippen LogP contribution in [0.3, 0.4) is 0 Å². The number of rotatable bonds is 1. The molecule has 1 saturated heterocycles. The molecule has 0 saturated carbocycles. The van der Waals surface area contributed by atoms with Gasteiger partial charge in [0.2, 0.25) is 5.91 Å². The molecule has 1 fully saturated rings. The lowest BCUT2D eigenvalue weighted by Gasteiger charge is -2.29. The summed E-state index contributed by atoms with van der Waals surface area (Å²) in [6.45, 7) is 0.556. The van der Waals surface area contributed by atoms with Gasteiger partial charge in [0.05, 0.1) is 11.5 Å². The highest BCUT2D eigenvalue weighted by Gasteiger charge is 2.56. The smallest absolute Gasteiger partial charge is 0.237 e. The predicted octanol–water partition coefficient (Wildman–Crippen LogP) is 3.65. The van der Waals surface area contributed by atoms with E-state index in [2.05, 4.69) is 26.6 Å². The maximum Gasteiger partial charge on any atom is 0.237 e. The predicted molar refractivity (Wildman–Crippen MR) is 86.2 cm³/mol. The van der Waals surface area contributed by atoms with E-state index in [4.69, 9.17) is 0 Å². The van der Waals surface area contributed by atoms with Crippen LogP contribution in [0, 0.1) is 11.6 Å². The van der Waals surface area contributed by atoms with Gasteiger partial charge in [0.25, 0.3) is 0 Å². The van der Waals surface area contributed by atoms with Gasteiger partial charge in [0.1, 0.15) is 11.6 Å². The molecule has 0 aliphatic carbocycles. The maximum atomic E-state index is 14.4. The monoisotopic (exact) mass is 378 g/mol. The van der Waals surface area contributed by atoms with E-state index in [1.54, 1.807) is 18.2 Å². The van der Waals surface area contributed by atoms with E-state index in [0.29, 0.717) is 29.8 Å². The molecule has 2 N–H and O–H groups in total. The third-order valence-electron chi connectivity index (χ3n) is 4.75. The molecule has 2 aliphatic rings. The normalized spacial score (nSPS) is 25.7. The number of halogens is 3. The third kappa shape index (κ3) is 2.05. The lowest BCUT2D eigenvalue weighted by Crippen LogP contribution is -2.40. The SMILES string of the molecule is O=C1Nc2ccc(F)cc2[C@@]12CCN[C@@H]2c1cc(Br)ccc1F. The molecule has 0 radical (unpaired) electrons. The Balaban J connectivity index is 1.92. The first-order valence-electron chi connectivity index (χ1n) is 7.32. The molecule has 2 heterocycles. The van der Waals surface area contributed by atoms with Gasteiger partial charge >= 0.3 is 0 Å². The van der Waals surface area contributed by atoms with E-state index in [1.807, 2.05) is 0 Å². The van der Waals surface area contributed by atoms with E-state index in [1.165, 1.54) is 18.2 Å². The molecule has 0 unspecified atom stereocenters. The van der Waals surface area contributed by atoms with Crippen LogP contribution < -0.4 is 10.6 Å². The van der Waals surface area contributed by atoms with Crippen LogP contribution in [0.1, 0.15) is 23.6 Å². The lowest BCUT2D eigenvalue weighted by molar-refractivity contribution is -0.121. The maximum absolute atomic E-state index is 14.4. The summed E-state index contributed by atoms with van der Waals surface area (Å²) in [5.74, 6) is -1.00. The second-order valence-corrected chi connectivity index (χ2v) is 6.83. The molecule has 4 rings (SSSR count). The Morgan fingerprint density at radius 1 is 1.17 bits per heavy atom. The second kappa shape index (κ2) is 5.11. The van der Waals surface area contributed by atoms with Crippen LogP contribution in [-0.2, 0) is 10.2 Å². The fourth-order valence-electron chi connectivity index (χ4n) is 3.73. The van der Waals surface area contributed by atoms with Gasteiger partial charge < -0.3 is 10.6 Å². The van der Waals surface area contributed by atoms with Crippen LogP contribution in [0.15, 0.2) is 40.9 Å². The van der Waals surface area contributed by atoms with Crippen molar-refractivity contribution >= 4 is 27.5 Å². The molecule has 2 aromatic carbocycles. The van der Waals surface area contributed by atoms with Crippen LogP contribution in [0.2, 0.25) is 0 Å². The average molecular weight is 379 g/mol. The van der Waals surface area contributed by atoms with Crippen molar-refractivity contribution in [3.05, 3.63) is 63.6 Å². The van der Waals surface area contributed by atoms with E-state index < -0.39 is 17.3 Å². The van der Waals surface area contributed by atoms with Crippen molar-refractivity contribution in [2.75, 3.05) is 11.9 Å². The fraction of sp³-hybridized carbons (Fsp3) is 0.235. The molecule has 2 aliphatic heterocycles. The molecule has 1 amide bonds. The summed E-state index contributed by atoms with van der Waals surface area (Å²) in [7, 11) is 0. The number of benzene rings is 2. The molecule has 0 aromatic heterocycles. The number of nitrogens with one attached hydrogen (secondary N) is 2. The zero-order chi connectivity index (χ0) is 16.2. The highest BCUT2D eigenvalue weighted by molar-refractivity contribution is 9.10. The topological polar surface area (TPSA) is 41.1 Å². The Morgan fingerprint density at radius 3 is 2.83 bits per heavy atom. The zero-order valence-corrected chi connectivity index (χ0v) is 13.6. The Kier molecular flexibility index (Phi) is 3.28. The Labute approximate surface area is 140 Å². The van der Waals surface area contributed by atoms with Gasteiger partial charge in [-0.25, -0.2) is 8.78 Å². The standard InChI is InChI=1S/C17H13BrF2N2O/c18-9-1-3-13(20)11(7-9)15-17(5-6-21-15)12-8-10(19)2-4-14(12)22-16(17)23/h1-4,7-8,15,21H,5-6H2,(H,22,23)/t15-,17-/m1/s1. The minimum absolute atomic E-state index is 0.215. The minimum atomic E-state index is -0.987. The molecule has 6 heteroatoms. The van der Waals surface area contributed by atoms with Crippen molar-refractivity contribution in [3.8, 4) is 0 Å². The quantitative estimate of drug-likeness (QED) is 0.794. The summed E-state index contributed by atoms with van der Waals surface area (Å²) in [6, 6.07) is 8.37. The summed E-state index contributed by atoms with van der Waals surface area (Å²) in [4.78, 5) is 12.7. The van der Waals surface area contributed by atoms with Crippen molar-refractivity contribution < 1.29 is 13.6 Å². The van der Waals surface area contributed by atoms with Gasteiger partial charge in [0, 0.05) is 15.7 Å². The Bertz CT molecular complexity index is 826. The van der Waals surface area contributed by atoms with Crippen LogP contribution in [-0.4, -0.2) is 12.5 Å². The van der Waals surface area contributed by atoms with Crippen LogP contribution in [0.25, 0.3) is 0 Å². The van der Waals surface area contributed by atoms with Crippen molar-refractivity contribution in [3.63, 3.8) is 0 Å². The second-order valence-electron chi connectivity index (χ2n) is 5.92. The summed E-state index contributed by atoms with van der Waals surface area (Å²) < 4.78 is 28.9. The number of fused-ring (bicyclic) bond motifs is 2. The van der Waals surface area contributed by atoms with Crippen LogP contribution in [0.5, 0.6) is 0 Å². The Hall–Kier alpha value is -1.79. The van der Waals surface area contributed by atoms with Gasteiger partial charge in [-0.3, -0.25) is 4.79 Å². The number of hydrogen-bond donors (Lipinski definition) is 2. The molecule has 0 bridgehead atoms. The zero-order valence-electron chi connectivity index (χ0n) is 12.0. The Morgan fingerprint density at radius 2 is 2.00 bits per heavy atom. The van der Waals surface area contributed by atoms with E-state index >= 15 is 0 Å². The number of carbonyl (C=O) groups is 1. The molecule has 23 heavy (non-hydrogen) atoms. The molecule has 1 spiro atoms. The molecular formula is C17H13BrF2N2O. The first-order chi connectivity index (χ1) is 11.0. The van der Waals surface area contributed by atoms with Gasteiger partial charge in [-0.05, 0) is 54.9 Å². The molecule has 2 aromatic rings. The van der Waals surface area contributed by atoms with E-state index in [0.717, 1.165) is 4.47 Å². The van der Waals surface area contributed by atoms with Gasteiger partial charge in [0.15, 0.2) is 0 Å². The summed E-state index contributed by atoms with van der Waals surface area (Å²) in [5.41, 5.74) is 0.612. The minimum Gasteiger partial charge on any atom is -0.325 e. The van der Waals surface area contributed by atoms with Gasteiger partial charge in [-0.2, -0.15) is 0 Å². The van der Waals surface area contributed by atoms with Crippen LogP contribution >= 0.6 is 15.9 Å². The van der Waals surface area contributed by atoms with Gasteiger partial charge in [-0.1, -0.05) is 15.9 Å². The number of anilines is 1. The van der Waals surface area contributed by atoms with Gasteiger partial charge in [-0.15, -0.1) is 0 Å². The summed E-state index contributed by atoms with van der Waals surface area (Å²) >= 11 is 3.34. The van der Waals surface area contributed by atoms with E-state index in [9.17, 15) is 13.6 Å². The molecule has 2 atom stereocenters. The largest absolute Gasteiger partial charge is 0.325 e. The fourth-order valence-corrected chi connectivity index (χ4v) is 4.11. The third-order valence-corrected chi connectivity index (χ3v) is 5.24.